The molecule has 3 aromatic carbocycles. The van der Waals surface area contributed by atoms with E-state index in [1.807, 2.05) is 0 Å². The van der Waals surface area contributed by atoms with Crippen molar-refractivity contribution in [1.29, 1.82) is 0 Å². The standard InChI is InChI=1S/C40H38O4S2/c1-3-4-5-8-17-32-26-35(39-37-36(43-22-23-44-37)34(45-39)24-27(2)40(41)42)46-38(32)31-20-18-28(19-21-31)25-33(29-13-9-6-10-14-29)30-15-11-7-12-16-30/h6-7,9-16,18-21,24-26H,3-5,8,17,22-23H2,1-2H3,(H,41,42). The zero-order valence-corrected chi connectivity index (χ0v) is 27.9. The van der Waals surface area contributed by atoms with Gasteiger partial charge in [-0.3, -0.25) is 0 Å². The van der Waals surface area contributed by atoms with Gasteiger partial charge in [0.15, 0.2) is 11.5 Å². The van der Waals surface area contributed by atoms with Crippen LogP contribution in [0.3, 0.4) is 0 Å². The first kappa shape index (κ1) is 31.6. The predicted molar refractivity (Wildman–Crippen MR) is 193 cm³/mol. The lowest BCUT2D eigenvalue weighted by molar-refractivity contribution is -0.132. The number of carboxylic acid groups (broad SMARTS) is 1. The number of thiophene rings is 2. The molecule has 0 bridgehead atoms. The Kier molecular flexibility index (Phi) is 10.2. The maximum absolute atomic E-state index is 11.6. The number of fused-ring (bicyclic) bond motifs is 1. The van der Waals surface area contributed by atoms with Crippen molar-refractivity contribution in [3.63, 3.8) is 0 Å². The molecule has 234 valence electrons. The first-order chi connectivity index (χ1) is 22.5. The molecule has 1 aliphatic rings. The van der Waals surface area contributed by atoms with Crippen LogP contribution in [0.25, 0.3) is 37.9 Å². The molecule has 46 heavy (non-hydrogen) atoms. The maximum atomic E-state index is 11.6. The van der Waals surface area contributed by atoms with Crippen molar-refractivity contribution in [1.82, 2.24) is 0 Å². The third-order valence-electron chi connectivity index (χ3n) is 8.10. The van der Waals surface area contributed by atoms with Gasteiger partial charge in [-0.05, 0) is 71.4 Å². The molecule has 3 heterocycles. The zero-order chi connectivity index (χ0) is 31.9. The van der Waals surface area contributed by atoms with E-state index in [0.29, 0.717) is 19.0 Å². The van der Waals surface area contributed by atoms with Crippen LogP contribution >= 0.6 is 22.7 Å². The summed E-state index contributed by atoms with van der Waals surface area (Å²) in [4.78, 5) is 15.8. The Morgan fingerprint density at radius 1 is 0.783 bits per heavy atom. The van der Waals surface area contributed by atoms with Crippen LogP contribution in [-0.4, -0.2) is 24.3 Å². The van der Waals surface area contributed by atoms with Gasteiger partial charge in [0.1, 0.15) is 13.2 Å². The van der Waals surface area contributed by atoms with Crippen LogP contribution in [0.2, 0.25) is 0 Å². The summed E-state index contributed by atoms with van der Waals surface area (Å²) in [6.45, 7) is 4.77. The highest BCUT2D eigenvalue weighted by Gasteiger charge is 2.27. The number of rotatable bonds is 12. The molecular formula is C40H38O4S2. The van der Waals surface area contributed by atoms with E-state index in [1.165, 1.54) is 52.0 Å². The molecule has 0 saturated carbocycles. The fraction of sp³-hybridized carbons (Fsp3) is 0.225. The van der Waals surface area contributed by atoms with E-state index in [9.17, 15) is 9.90 Å². The highest BCUT2D eigenvalue weighted by atomic mass is 32.1. The Bertz CT molecular complexity index is 1800. The van der Waals surface area contributed by atoms with Gasteiger partial charge in [-0.25, -0.2) is 4.79 Å². The van der Waals surface area contributed by atoms with Gasteiger partial charge in [0.25, 0.3) is 0 Å². The third-order valence-corrected chi connectivity index (χ3v) is 10.6. The number of carboxylic acids is 1. The van der Waals surface area contributed by atoms with Gasteiger partial charge in [0.05, 0.1) is 9.75 Å². The van der Waals surface area contributed by atoms with Gasteiger partial charge in [0.2, 0.25) is 0 Å². The normalized spacial score (nSPS) is 12.6. The number of hydrogen-bond donors (Lipinski definition) is 1. The number of hydrogen-bond acceptors (Lipinski definition) is 5. The van der Waals surface area contributed by atoms with Crippen molar-refractivity contribution in [2.24, 2.45) is 0 Å². The second-order valence-electron chi connectivity index (χ2n) is 11.5. The summed E-state index contributed by atoms with van der Waals surface area (Å²) in [5.74, 6) is 0.432. The number of aryl methyl sites for hydroxylation is 1. The summed E-state index contributed by atoms with van der Waals surface area (Å²) in [6.07, 6.45) is 9.76. The van der Waals surface area contributed by atoms with Crippen LogP contribution in [0.1, 0.15) is 66.7 Å². The highest BCUT2D eigenvalue weighted by molar-refractivity contribution is 7.24. The number of carbonyl (C=O) groups is 1. The first-order valence-corrected chi connectivity index (χ1v) is 17.5. The van der Waals surface area contributed by atoms with Gasteiger partial charge in [-0.1, -0.05) is 111 Å². The van der Waals surface area contributed by atoms with Crippen LogP contribution in [-0.2, 0) is 11.2 Å². The van der Waals surface area contributed by atoms with E-state index in [0.717, 1.165) is 38.8 Å². The minimum absolute atomic E-state index is 0.269. The lowest BCUT2D eigenvalue weighted by atomic mass is 9.95. The minimum Gasteiger partial charge on any atom is -0.485 e. The molecule has 0 amide bonds. The van der Waals surface area contributed by atoms with Crippen molar-refractivity contribution < 1.29 is 19.4 Å². The topological polar surface area (TPSA) is 55.8 Å². The average Bonchev–Trinajstić information content (AvgIpc) is 3.68. The Morgan fingerprint density at radius 2 is 1.43 bits per heavy atom. The molecule has 1 aliphatic heterocycles. The number of aliphatic carboxylic acids is 1. The smallest absolute Gasteiger partial charge is 0.331 e. The number of unbranched alkanes of at least 4 members (excludes halogenated alkanes) is 3. The van der Waals surface area contributed by atoms with Crippen LogP contribution in [0.5, 0.6) is 11.5 Å². The van der Waals surface area contributed by atoms with Crippen molar-refractivity contribution in [3.05, 3.63) is 124 Å². The summed E-state index contributed by atoms with van der Waals surface area (Å²) in [5, 5.41) is 9.50. The lowest BCUT2D eigenvalue weighted by Gasteiger charge is -2.16. The average molecular weight is 647 g/mol. The third kappa shape index (κ3) is 7.19. The molecule has 0 aliphatic carbocycles. The monoisotopic (exact) mass is 646 g/mol. The molecule has 6 heteroatoms. The molecule has 5 aromatic rings. The number of benzene rings is 3. The number of ether oxygens (including phenoxy) is 2. The quantitative estimate of drug-likeness (QED) is 0.0832. The Labute approximate surface area is 279 Å². The summed E-state index contributed by atoms with van der Waals surface area (Å²) in [6, 6.07) is 32.3. The molecule has 6 rings (SSSR count). The van der Waals surface area contributed by atoms with Gasteiger partial charge in [0, 0.05) is 15.3 Å². The van der Waals surface area contributed by atoms with Crippen LogP contribution in [0.15, 0.2) is 96.6 Å². The molecular weight excluding hydrogens is 609 g/mol. The summed E-state index contributed by atoms with van der Waals surface area (Å²) in [5.41, 5.74) is 7.52. The Morgan fingerprint density at radius 3 is 2.07 bits per heavy atom. The summed E-state index contributed by atoms with van der Waals surface area (Å²) < 4.78 is 12.1. The Hall–Kier alpha value is -4.39. The van der Waals surface area contributed by atoms with E-state index in [2.05, 4.69) is 104 Å². The summed E-state index contributed by atoms with van der Waals surface area (Å²) in [7, 11) is 0. The SMILES string of the molecule is CCCCCCc1cc(-c2sc(C=C(C)C(=O)O)c3c2OCCO3)sc1-c1ccc(C=C(c2ccccc2)c2ccccc2)cc1. The predicted octanol–water partition coefficient (Wildman–Crippen LogP) is 11.1. The Balaban J connectivity index is 1.38. The fourth-order valence-corrected chi connectivity index (χ4v) is 8.17. The molecule has 1 N–H and O–H groups in total. The fourth-order valence-electron chi connectivity index (χ4n) is 5.67. The van der Waals surface area contributed by atoms with Crippen molar-refractivity contribution in [3.8, 4) is 31.7 Å². The van der Waals surface area contributed by atoms with Gasteiger partial charge in [-0.2, -0.15) is 0 Å². The first-order valence-electron chi connectivity index (χ1n) is 15.9. The van der Waals surface area contributed by atoms with Crippen molar-refractivity contribution in [2.75, 3.05) is 13.2 Å². The molecule has 4 nitrogen and oxygen atoms in total. The molecule has 0 spiro atoms. The van der Waals surface area contributed by atoms with E-state index in [1.54, 1.807) is 35.7 Å². The summed E-state index contributed by atoms with van der Waals surface area (Å²) >= 11 is 3.32. The molecule has 0 atom stereocenters. The highest BCUT2D eigenvalue weighted by Crippen LogP contribution is 2.53. The van der Waals surface area contributed by atoms with Gasteiger partial charge >= 0.3 is 5.97 Å². The zero-order valence-electron chi connectivity index (χ0n) is 26.3. The van der Waals surface area contributed by atoms with Crippen LogP contribution < -0.4 is 9.47 Å². The van der Waals surface area contributed by atoms with Gasteiger partial charge in [-0.15, -0.1) is 22.7 Å². The van der Waals surface area contributed by atoms with E-state index in [4.69, 9.17) is 9.47 Å². The maximum Gasteiger partial charge on any atom is 0.331 e. The second kappa shape index (κ2) is 14.8. The minimum atomic E-state index is -0.939. The molecule has 2 aromatic heterocycles. The molecule has 0 fully saturated rings. The van der Waals surface area contributed by atoms with E-state index < -0.39 is 5.97 Å². The van der Waals surface area contributed by atoms with Crippen LogP contribution in [0.4, 0.5) is 0 Å². The second-order valence-corrected chi connectivity index (χ2v) is 13.6. The largest absolute Gasteiger partial charge is 0.485 e. The van der Waals surface area contributed by atoms with Crippen molar-refractivity contribution >= 4 is 46.4 Å². The van der Waals surface area contributed by atoms with E-state index >= 15 is 0 Å². The lowest BCUT2D eigenvalue weighted by Crippen LogP contribution is -2.14. The molecule has 0 radical (unpaired) electrons. The van der Waals surface area contributed by atoms with Gasteiger partial charge < -0.3 is 14.6 Å². The molecule has 0 saturated heterocycles. The van der Waals surface area contributed by atoms with Crippen LogP contribution in [0, 0.1) is 0 Å². The van der Waals surface area contributed by atoms with E-state index in [-0.39, 0.29) is 5.57 Å². The van der Waals surface area contributed by atoms with Crippen molar-refractivity contribution in [2.45, 2.75) is 46.0 Å². The molecule has 0 unspecified atom stereocenters.